The number of halogens is 1. The Morgan fingerprint density at radius 2 is 2.21 bits per heavy atom. The van der Waals surface area contributed by atoms with Crippen LogP contribution in [-0.2, 0) is 4.79 Å². The van der Waals surface area contributed by atoms with Gasteiger partial charge in [-0.25, -0.2) is 9.37 Å². The smallest absolute Gasteiger partial charge is 0.241 e. The van der Waals surface area contributed by atoms with Gasteiger partial charge in [0, 0.05) is 43.9 Å². The van der Waals surface area contributed by atoms with E-state index >= 15 is 0 Å². The highest BCUT2D eigenvalue weighted by Crippen LogP contribution is 2.32. The number of nitrogens with zero attached hydrogens (tertiary/aromatic N) is 3. The van der Waals surface area contributed by atoms with Crippen LogP contribution in [0.15, 0.2) is 36.7 Å². The van der Waals surface area contributed by atoms with Gasteiger partial charge in [0.15, 0.2) is 0 Å². The maximum atomic E-state index is 13.3. The zero-order chi connectivity index (χ0) is 16.9. The summed E-state index contributed by atoms with van der Waals surface area (Å²) < 4.78 is 19.1. The normalized spacial score (nSPS) is 17.6. The summed E-state index contributed by atoms with van der Waals surface area (Å²) in [5.74, 6) is 0.617. The predicted molar refractivity (Wildman–Crippen MR) is 87.4 cm³/mol. The van der Waals surface area contributed by atoms with E-state index < -0.39 is 0 Å². The average molecular weight is 329 g/mol. The molecule has 0 aliphatic carbocycles. The molecule has 1 aliphatic rings. The third kappa shape index (κ3) is 3.69. The number of carbonyl (C=O) groups excluding carboxylic acids is 1. The Balaban J connectivity index is 1.82. The van der Waals surface area contributed by atoms with E-state index in [2.05, 4.69) is 9.97 Å². The zero-order valence-corrected chi connectivity index (χ0v) is 13.6. The van der Waals surface area contributed by atoms with Gasteiger partial charge in [0.25, 0.3) is 0 Å². The van der Waals surface area contributed by atoms with Gasteiger partial charge < -0.3 is 9.64 Å². The van der Waals surface area contributed by atoms with Crippen LogP contribution in [0, 0.1) is 5.82 Å². The van der Waals surface area contributed by atoms with E-state index in [1.54, 1.807) is 24.5 Å². The third-order valence-corrected chi connectivity index (χ3v) is 4.17. The highest BCUT2D eigenvalue weighted by atomic mass is 19.1. The molecule has 0 spiro atoms. The number of carbonyl (C=O) groups is 1. The van der Waals surface area contributed by atoms with Crippen molar-refractivity contribution in [1.29, 1.82) is 0 Å². The summed E-state index contributed by atoms with van der Waals surface area (Å²) in [4.78, 5) is 22.5. The number of hydrogen-bond acceptors (Lipinski definition) is 4. The van der Waals surface area contributed by atoms with Gasteiger partial charge in [-0.2, -0.15) is 0 Å². The van der Waals surface area contributed by atoms with Gasteiger partial charge in [-0.3, -0.25) is 9.78 Å². The Bertz CT molecular complexity index is 723. The summed E-state index contributed by atoms with van der Waals surface area (Å²) in [5.41, 5.74) is 0.718. The van der Waals surface area contributed by atoms with Crippen LogP contribution >= 0.6 is 0 Å². The summed E-state index contributed by atoms with van der Waals surface area (Å²) >= 11 is 0. The van der Waals surface area contributed by atoms with Crippen molar-refractivity contribution in [3.63, 3.8) is 0 Å². The maximum absolute atomic E-state index is 13.3. The van der Waals surface area contributed by atoms with Crippen LogP contribution in [0.1, 0.15) is 37.8 Å². The topological polar surface area (TPSA) is 55.3 Å². The van der Waals surface area contributed by atoms with Gasteiger partial charge in [0.2, 0.25) is 11.8 Å². The summed E-state index contributed by atoms with van der Waals surface area (Å²) in [6.07, 6.45) is 5.52. The highest BCUT2D eigenvalue weighted by Gasteiger charge is 2.27. The van der Waals surface area contributed by atoms with E-state index in [1.165, 1.54) is 12.1 Å². The summed E-state index contributed by atoms with van der Waals surface area (Å²) in [7, 11) is 0. The van der Waals surface area contributed by atoms with Gasteiger partial charge in [-0.05, 0) is 25.0 Å². The molecular formula is C18H20FN3O2. The van der Waals surface area contributed by atoms with Crippen molar-refractivity contribution in [2.24, 2.45) is 0 Å². The van der Waals surface area contributed by atoms with Crippen LogP contribution in [0.4, 0.5) is 4.39 Å². The van der Waals surface area contributed by atoms with Gasteiger partial charge in [-0.15, -0.1) is 0 Å². The first-order valence-electron chi connectivity index (χ1n) is 8.19. The monoisotopic (exact) mass is 329 g/mol. The molecule has 0 N–H and O–H groups in total. The molecule has 0 bridgehead atoms. The number of piperidine rings is 1. The number of ether oxygens (including phenoxy) is 1. The molecule has 5 nitrogen and oxygen atoms in total. The summed E-state index contributed by atoms with van der Waals surface area (Å²) in [6, 6.07) is 5.93. The third-order valence-electron chi connectivity index (χ3n) is 4.17. The molecule has 1 atom stereocenters. The second-order valence-corrected chi connectivity index (χ2v) is 5.84. The summed E-state index contributed by atoms with van der Waals surface area (Å²) in [5, 5.41) is 0. The number of amides is 1. The minimum Gasteiger partial charge on any atom is -0.437 e. The molecule has 126 valence electrons. The SMILES string of the molecule is CCC(=O)N1CCC[C@H](c2nccnc2Oc2cccc(F)c2)C1. The van der Waals surface area contributed by atoms with Gasteiger partial charge in [0.1, 0.15) is 17.3 Å². The lowest BCUT2D eigenvalue weighted by molar-refractivity contribution is -0.132. The van der Waals surface area contributed by atoms with Crippen molar-refractivity contribution >= 4 is 5.91 Å². The van der Waals surface area contributed by atoms with Crippen LogP contribution in [0.5, 0.6) is 11.6 Å². The fourth-order valence-electron chi connectivity index (χ4n) is 2.99. The van der Waals surface area contributed by atoms with Crippen molar-refractivity contribution in [3.8, 4) is 11.6 Å². The molecule has 0 saturated carbocycles. The van der Waals surface area contributed by atoms with E-state index in [0.717, 1.165) is 25.1 Å². The van der Waals surface area contributed by atoms with Crippen LogP contribution in [0.2, 0.25) is 0 Å². The quantitative estimate of drug-likeness (QED) is 0.861. The molecule has 1 aromatic carbocycles. The van der Waals surface area contributed by atoms with Gasteiger partial charge >= 0.3 is 0 Å². The van der Waals surface area contributed by atoms with E-state index in [4.69, 9.17) is 4.74 Å². The zero-order valence-electron chi connectivity index (χ0n) is 13.6. The molecule has 2 heterocycles. The molecule has 2 aromatic rings. The highest BCUT2D eigenvalue weighted by molar-refractivity contribution is 5.76. The Labute approximate surface area is 140 Å². The molecule has 6 heteroatoms. The van der Waals surface area contributed by atoms with Crippen molar-refractivity contribution in [2.75, 3.05) is 13.1 Å². The molecule has 24 heavy (non-hydrogen) atoms. The first-order valence-corrected chi connectivity index (χ1v) is 8.19. The molecule has 3 rings (SSSR count). The van der Waals surface area contributed by atoms with E-state index in [0.29, 0.717) is 24.6 Å². The van der Waals surface area contributed by atoms with Crippen LogP contribution < -0.4 is 4.74 Å². The number of benzene rings is 1. The molecule has 1 aliphatic heterocycles. The van der Waals surface area contributed by atoms with E-state index in [9.17, 15) is 9.18 Å². The summed E-state index contributed by atoms with van der Waals surface area (Å²) in [6.45, 7) is 3.27. The Morgan fingerprint density at radius 1 is 1.38 bits per heavy atom. The van der Waals surface area contributed by atoms with Crippen LogP contribution in [0.25, 0.3) is 0 Å². The van der Waals surface area contributed by atoms with Gasteiger partial charge in [0.05, 0.1) is 0 Å². The Morgan fingerprint density at radius 3 is 3.00 bits per heavy atom. The first-order chi connectivity index (χ1) is 11.7. The Kier molecular flexibility index (Phi) is 5.03. The second kappa shape index (κ2) is 7.38. The molecule has 1 fully saturated rings. The fraction of sp³-hybridized carbons (Fsp3) is 0.389. The van der Waals surface area contributed by atoms with Crippen molar-refractivity contribution in [3.05, 3.63) is 48.2 Å². The molecule has 0 radical (unpaired) electrons. The molecule has 1 amide bonds. The lowest BCUT2D eigenvalue weighted by atomic mass is 9.94. The van der Waals surface area contributed by atoms with E-state index in [-0.39, 0.29) is 17.6 Å². The average Bonchev–Trinajstić information content (AvgIpc) is 2.61. The number of aromatic nitrogens is 2. The molecule has 1 aromatic heterocycles. The second-order valence-electron chi connectivity index (χ2n) is 5.84. The van der Waals surface area contributed by atoms with Gasteiger partial charge in [-0.1, -0.05) is 13.0 Å². The minimum atomic E-state index is -0.365. The number of hydrogen-bond donors (Lipinski definition) is 0. The van der Waals surface area contributed by atoms with Crippen molar-refractivity contribution in [2.45, 2.75) is 32.1 Å². The van der Waals surface area contributed by atoms with E-state index in [1.807, 2.05) is 11.8 Å². The Hall–Kier alpha value is -2.50. The standard InChI is InChI=1S/C18H20FN3O2/c1-2-16(23)22-10-4-5-13(12-22)17-18(21-9-8-20-17)24-15-7-3-6-14(19)11-15/h3,6-9,11,13H,2,4-5,10,12H2,1H3/t13-/m0/s1. The predicted octanol–water partition coefficient (Wildman–Crippen LogP) is 3.52. The number of likely N-dealkylation sites (tertiary alicyclic amines) is 1. The van der Waals surface area contributed by atoms with Crippen LogP contribution in [-0.4, -0.2) is 33.9 Å². The molecule has 1 saturated heterocycles. The minimum absolute atomic E-state index is 0.0755. The lowest BCUT2D eigenvalue weighted by Gasteiger charge is -2.32. The largest absolute Gasteiger partial charge is 0.437 e. The van der Waals surface area contributed by atoms with Crippen LogP contribution in [0.3, 0.4) is 0 Å². The van der Waals surface area contributed by atoms with Crippen molar-refractivity contribution < 1.29 is 13.9 Å². The van der Waals surface area contributed by atoms with Crippen molar-refractivity contribution in [1.82, 2.24) is 14.9 Å². The maximum Gasteiger partial charge on any atom is 0.241 e. The lowest BCUT2D eigenvalue weighted by Crippen LogP contribution is -2.39. The number of rotatable bonds is 4. The first kappa shape index (κ1) is 16.4. The fourth-order valence-corrected chi connectivity index (χ4v) is 2.99. The molecular weight excluding hydrogens is 309 g/mol. The molecule has 0 unspecified atom stereocenters.